The minimum Gasteiger partial charge on any atom is -0.372 e. The van der Waals surface area contributed by atoms with Gasteiger partial charge < -0.3 is 15.1 Å². The Morgan fingerprint density at radius 2 is 1.92 bits per heavy atom. The standard InChI is InChI=1S/C17H21BrN4O3/c18-11-16(24)22-9-7-21(8-10-22)14-4-2-1-3-12(14)19-13-5-6-15(23)20-17(13)25/h1-4,13,19H,5-11H2,(H,20,23,25). The van der Waals surface area contributed by atoms with E-state index in [-0.39, 0.29) is 17.7 Å². The molecule has 25 heavy (non-hydrogen) atoms. The number of carbonyl (C=O) groups is 3. The number of halogens is 1. The van der Waals surface area contributed by atoms with E-state index in [0.29, 0.717) is 31.3 Å². The number of carbonyl (C=O) groups excluding carboxylic acids is 3. The lowest BCUT2D eigenvalue weighted by Gasteiger charge is -2.37. The Morgan fingerprint density at radius 3 is 2.60 bits per heavy atom. The summed E-state index contributed by atoms with van der Waals surface area (Å²) in [5.74, 6) is -0.391. The highest BCUT2D eigenvalue weighted by Crippen LogP contribution is 2.28. The predicted molar refractivity (Wildman–Crippen MR) is 98.8 cm³/mol. The molecule has 0 bridgehead atoms. The van der Waals surface area contributed by atoms with Gasteiger partial charge in [0, 0.05) is 32.6 Å². The van der Waals surface area contributed by atoms with E-state index in [1.807, 2.05) is 29.2 Å². The van der Waals surface area contributed by atoms with Gasteiger partial charge in [0.25, 0.3) is 0 Å². The number of hydrogen-bond donors (Lipinski definition) is 2. The Labute approximate surface area is 154 Å². The highest BCUT2D eigenvalue weighted by atomic mass is 79.9. The number of nitrogens with one attached hydrogen (secondary N) is 2. The summed E-state index contributed by atoms with van der Waals surface area (Å²) >= 11 is 3.21. The summed E-state index contributed by atoms with van der Waals surface area (Å²) in [5, 5.41) is 5.99. The molecule has 2 aliphatic rings. The maximum atomic E-state index is 12.0. The Morgan fingerprint density at radius 1 is 1.20 bits per heavy atom. The maximum Gasteiger partial charge on any atom is 0.249 e. The average molecular weight is 409 g/mol. The number of nitrogens with zero attached hydrogens (tertiary/aromatic N) is 2. The molecule has 2 N–H and O–H groups in total. The second kappa shape index (κ2) is 7.86. The van der Waals surface area contributed by atoms with E-state index in [1.165, 1.54) is 0 Å². The molecule has 1 aromatic carbocycles. The average Bonchev–Trinajstić information content (AvgIpc) is 2.64. The van der Waals surface area contributed by atoms with Crippen LogP contribution in [0.1, 0.15) is 12.8 Å². The van der Waals surface area contributed by atoms with Crippen molar-refractivity contribution < 1.29 is 14.4 Å². The van der Waals surface area contributed by atoms with Crippen molar-refractivity contribution in [1.82, 2.24) is 10.2 Å². The third-order valence-electron chi connectivity index (χ3n) is 4.56. The highest BCUT2D eigenvalue weighted by molar-refractivity contribution is 9.09. The van der Waals surface area contributed by atoms with Crippen LogP contribution in [0.2, 0.25) is 0 Å². The molecule has 2 saturated heterocycles. The van der Waals surface area contributed by atoms with E-state index < -0.39 is 6.04 Å². The number of alkyl halides is 1. The van der Waals surface area contributed by atoms with Crippen molar-refractivity contribution in [2.45, 2.75) is 18.9 Å². The molecule has 0 radical (unpaired) electrons. The van der Waals surface area contributed by atoms with Gasteiger partial charge in [-0.1, -0.05) is 28.1 Å². The number of hydrogen-bond acceptors (Lipinski definition) is 5. The van der Waals surface area contributed by atoms with Crippen LogP contribution in [0.15, 0.2) is 24.3 Å². The summed E-state index contributed by atoms with van der Waals surface area (Å²) in [6, 6.07) is 7.42. The minimum atomic E-state index is -0.407. The second-order valence-corrected chi connectivity index (χ2v) is 6.73. The van der Waals surface area contributed by atoms with Crippen molar-refractivity contribution in [3.8, 4) is 0 Å². The number of para-hydroxylation sites is 2. The van der Waals surface area contributed by atoms with Crippen molar-refractivity contribution >= 4 is 45.0 Å². The van der Waals surface area contributed by atoms with Gasteiger partial charge in [-0.25, -0.2) is 0 Å². The monoisotopic (exact) mass is 408 g/mol. The molecule has 3 amide bonds. The van der Waals surface area contributed by atoms with Crippen molar-refractivity contribution in [2.75, 3.05) is 41.7 Å². The number of rotatable bonds is 4. The van der Waals surface area contributed by atoms with E-state index in [4.69, 9.17) is 0 Å². The molecule has 134 valence electrons. The largest absolute Gasteiger partial charge is 0.372 e. The fraction of sp³-hybridized carbons (Fsp3) is 0.471. The van der Waals surface area contributed by atoms with Gasteiger partial charge in [0.15, 0.2) is 0 Å². The molecule has 2 aliphatic heterocycles. The Kier molecular flexibility index (Phi) is 5.57. The summed E-state index contributed by atoms with van der Waals surface area (Å²) in [5.41, 5.74) is 1.88. The van der Waals surface area contributed by atoms with Gasteiger partial charge in [0.1, 0.15) is 6.04 Å². The van der Waals surface area contributed by atoms with Crippen molar-refractivity contribution in [3.05, 3.63) is 24.3 Å². The lowest BCUT2D eigenvalue weighted by Crippen LogP contribution is -2.50. The summed E-state index contributed by atoms with van der Waals surface area (Å²) < 4.78 is 0. The molecule has 0 spiro atoms. The van der Waals surface area contributed by atoms with Gasteiger partial charge in [-0.2, -0.15) is 0 Å². The molecular formula is C17H21BrN4O3. The second-order valence-electron chi connectivity index (χ2n) is 6.17. The molecule has 0 saturated carbocycles. The highest BCUT2D eigenvalue weighted by Gasteiger charge is 2.28. The van der Waals surface area contributed by atoms with E-state index in [2.05, 4.69) is 31.5 Å². The first kappa shape index (κ1) is 17.7. The summed E-state index contributed by atoms with van der Waals surface area (Å²) in [6.07, 6.45) is 0.839. The molecule has 2 heterocycles. The van der Waals surface area contributed by atoms with Crippen molar-refractivity contribution in [2.24, 2.45) is 0 Å². The zero-order valence-corrected chi connectivity index (χ0v) is 15.4. The van der Waals surface area contributed by atoms with Crippen LogP contribution in [-0.4, -0.2) is 60.2 Å². The van der Waals surface area contributed by atoms with Crippen LogP contribution in [0, 0.1) is 0 Å². The van der Waals surface area contributed by atoms with E-state index in [0.717, 1.165) is 24.5 Å². The molecule has 7 nitrogen and oxygen atoms in total. The van der Waals surface area contributed by atoms with Crippen LogP contribution in [0.3, 0.4) is 0 Å². The van der Waals surface area contributed by atoms with Gasteiger partial charge in [-0.3, -0.25) is 19.7 Å². The van der Waals surface area contributed by atoms with Crippen LogP contribution in [0.25, 0.3) is 0 Å². The van der Waals surface area contributed by atoms with Gasteiger partial charge in [-0.15, -0.1) is 0 Å². The first-order chi connectivity index (χ1) is 12.1. The summed E-state index contributed by atoms with van der Waals surface area (Å²) in [4.78, 5) is 39.1. The lowest BCUT2D eigenvalue weighted by molar-refractivity contribution is -0.133. The third-order valence-corrected chi connectivity index (χ3v) is 5.04. The zero-order chi connectivity index (χ0) is 17.8. The topological polar surface area (TPSA) is 81.8 Å². The van der Waals surface area contributed by atoms with Gasteiger partial charge >= 0.3 is 0 Å². The Balaban J connectivity index is 1.68. The van der Waals surface area contributed by atoms with E-state index in [1.54, 1.807) is 0 Å². The number of piperidine rings is 1. The van der Waals surface area contributed by atoms with Crippen LogP contribution >= 0.6 is 15.9 Å². The number of anilines is 2. The number of amides is 3. The quantitative estimate of drug-likeness (QED) is 0.572. The first-order valence-corrected chi connectivity index (χ1v) is 9.48. The smallest absolute Gasteiger partial charge is 0.249 e. The maximum absolute atomic E-state index is 12.0. The Hall–Kier alpha value is -2.09. The zero-order valence-electron chi connectivity index (χ0n) is 13.8. The molecule has 3 rings (SSSR count). The van der Waals surface area contributed by atoms with Crippen molar-refractivity contribution in [3.63, 3.8) is 0 Å². The van der Waals surface area contributed by atoms with E-state index >= 15 is 0 Å². The lowest BCUT2D eigenvalue weighted by atomic mass is 10.1. The SMILES string of the molecule is O=C1CCC(Nc2ccccc2N2CCN(C(=O)CBr)CC2)C(=O)N1. The number of imide groups is 1. The van der Waals surface area contributed by atoms with Crippen LogP contribution in [-0.2, 0) is 14.4 Å². The summed E-state index contributed by atoms with van der Waals surface area (Å²) in [7, 11) is 0. The number of piperazine rings is 1. The molecule has 0 aromatic heterocycles. The van der Waals surface area contributed by atoms with Gasteiger partial charge in [-0.05, 0) is 18.6 Å². The van der Waals surface area contributed by atoms with Gasteiger partial charge in [0.05, 0.1) is 16.7 Å². The molecule has 1 atom stereocenters. The molecule has 1 aromatic rings. The minimum absolute atomic E-state index is 0.106. The molecule has 1 unspecified atom stereocenters. The van der Waals surface area contributed by atoms with Gasteiger partial charge in [0.2, 0.25) is 17.7 Å². The van der Waals surface area contributed by atoms with E-state index in [9.17, 15) is 14.4 Å². The number of benzene rings is 1. The normalized spacial score (nSPS) is 21.1. The van der Waals surface area contributed by atoms with Crippen molar-refractivity contribution in [1.29, 1.82) is 0 Å². The molecular weight excluding hydrogens is 388 g/mol. The fourth-order valence-corrected chi connectivity index (χ4v) is 3.53. The molecule has 0 aliphatic carbocycles. The fourth-order valence-electron chi connectivity index (χ4n) is 3.17. The van der Waals surface area contributed by atoms with Crippen LogP contribution < -0.4 is 15.5 Å². The summed E-state index contributed by atoms with van der Waals surface area (Å²) in [6.45, 7) is 2.84. The Bertz CT molecular complexity index is 674. The molecule has 8 heteroatoms. The van der Waals surface area contributed by atoms with Crippen LogP contribution in [0.4, 0.5) is 11.4 Å². The van der Waals surface area contributed by atoms with Crippen LogP contribution in [0.5, 0.6) is 0 Å². The molecule has 2 fully saturated rings. The third kappa shape index (κ3) is 4.12. The predicted octanol–water partition coefficient (Wildman–Crippen LogP) is 0.947. The first-order valence-electron chi connectivity index (χ1n) is 8.36.